The smallest absolute Gasteiger partial charge is 0.258 e. The normalized spacial score (nSPS) is 10.3. The number of benzene rings is 1. The van der Waals surface area contributed by atoms with Crippen LogP contribution >= 0.6 is 11.6 Å². The van der Waals surface area contributed by atoms with Gasteiger partial charge < -0.3 is 14.1 Å². The van der Waals surface area contributed by atoms with Crippen molar-refractivity contribution < 1.29 is 13.9 Å². The standard InChI is InChI=1S/C15H16ClNO3/c1-3-19-12-6-4-11(5-7-12)10-17(2)15(18)13-8-9-20-14(13)16/h4-9H,3,10H2,1-2H3. The summed E-state index contributed by atoms with van der Waals surface area (Å²) in [4.78, 5) is 13.7. The van der Waals surface area contributed by atoms with Gasteiger partial charge in [0.2, 0.25) is 5.22 Å². The van der Waals surface area contributed by atoms with Gasteiger partial charge in [-0.15, -0.1) is 0 Å². The lowest BCUT2D eigenvalue weighted by Gasteiger charge is -2.16. The number of ether oxygens (including phenoxy) is 1. The Morgan fingerprint density at radius 3 is 2.55 bits per heavy atom. The minimum atomic E-state index is -0.169. The number of furan rings is 1. The van der Waals surface area contributed by atoms with Gasteiger partial charge in [-0.25, -0.2) is 0 Å². The molecule has 0 saturated heterocycles. The molecule has 0 unspecified atom stereocenters. The van der Waals surface area contributed by atoms with Crippen LogP contribution in [0.5, 0.6) is 5.75 Å². The Labute approximate surface area is 122 Å². The lowest BCUT2D eigenvalue weighted by atomic mass is 10.2. The van der Waals surface area contributed by atoms with Gasteiger partial charge in [-0.05, 0) is 42.3 Å². The molecule has 4 nitrogen and oxygen atoms in total. The maximum absolute atomic E-state index is 12.2. The second kappa shape index (κ2) is 6.48. The van der Waals surface area contributed by atoms with Gasteiger partial charge in [-0.3, -0.25) is 4.79 Å². The summed E-state index contributed by atoms with van der Waals surface area (Å²) in [5.74, 6) is 0.653. The minimum absolute atomic E-state index is 0.119. The van der Waals surface area contributed by atoms with Crippen molar-refractivity contribution in [1.29, 1.82) is 0 Å². The summed E-state index contributed by atoms with van der Waals surface area (Å²) in [6.07, 6.45) is 1.40. The van der Waals surface area contributed by atoms with E-state index in [1.54, 1.807) is 18.0 Å². The topological polar surface area (TPSA) is 42.7 Å². The molecule has 0 N–H and O–H groups in total. The van der Waals surface area contributed by atoms with Crippen LogP contribution in [0.3, 0.4) is 0 Å². The summed E-state index contributed by atoms with van der Waals surface area (Å²) < 4.78 is 10.3. The number of hydrogen-bond donors (Lipinski definition) is 0. The molecule has 1 aromatic heterocycles. The number of amides is 1. The van der Waals surface area contributed by atoms with Gasteiger partial charge in [-0.2, -0.15) is 0 Å². The second-order valence-electron chi connectivity index (χ2n) is 4.35. The molecule has 0 aliphatic carbocycles. The summed E-state index contributed by atoms with van der Waals surface area (Å²) >= 11 is 5.81. The fourth-order valence-corrected chi connectivity index (χ4v) is 2.05. The van der Waals surface area contributed by atoms with Gasteiger partial charge in [0.15, 0.2) is 0 Å². The van der Waals surface area contributed by atoms with Crippen LogP contribution in [0.25, 0.3) is 0 Å². The molecule has 2 aromatic rings. The molecule has 0 spiro atoms. The first kappa shape index (κ1) is 14.5. The molecule has 0 saturated carbocycles. The second-order valence-corrected chi connectivity index (χ2v) is 4.69. The largest absolute Gasteiger partial charge is 0.494 e. The lowest BCUT2D eigenvalue weighted by Crippen LogP contribution is -2.26. The summed E-state index contributed by atoms with van der Waals surface area (Å²) in [6.45, 7) is 3.07. The Bertz CT molecular complexity index is 577. The van der Waals surface area contributed by atoms with E-state index in [1.165, 1.54) is 6.26 Å². The van der Waals surface area contributed by atoms with Crippen LogP contribution in [0.4, 0.5) is 0 Å². The van der Waals surface area contributed by atoms with Crippen molar-refractivity contribution in [2.24, 2.45) is 0 Å². The van der Waals surface area contributed by atoms with Crippen LogP contribution in [-0.4, -0.2) is 24.5 Å². The molecule has 0 radical (unpaired) electrons. The number of carbonyl (C=O) groups excluding carboxylic acids is 1. The number of hydrogen-bond acceptors (Lipinski definition) is 3. The molecule has 0 aliphatic heterocycles. The highest BCUT2D eigenvalue weighted by Gasteiger charge is 2.17. The number of rotatable bonds is 5. The first-order chi connectivity index (χ1) is 9.61. The van der Waals surface area contributed by atoms with Gasteiger partial charge >= 0.3 is 0 Å². The first-order valence-electron chi connectivity index (χ1n) is 6.32. The number of halogens is 1. The van der Waals surface area contributed by atoms with Gasteiger partial charge in [0.25, 0.3) is 5.91 Å². The lowest BCUT2D eigenvalue weighted by molar-refractivity contribution is 0.0784. The molecule has 2 rings (SSSR count). The maximum Gasteiger partial charge on any atom is 0.258 e. The van der Waals surface area contributed by atoms with Crippen LogP contribution < -0.4 is 4.74 Å². The molecule has 1 heterocycles. The van der Waals surface area contributed by atoms with E-state index >= 15 is 0 Å². The Hall–Kier alpha value is -1.94. The SMILES string of the molecule is CCOc1ccc(CN(C)C(=O)c2ccoc2Cl)cc1. The molecule has 1 amide bonds. The Morgan fingerprint density at radius 1 is 1.30 bits per heavy atom. The van der Waals surface area contributed by atoms with Gasteiger partial charge in [0.1, 0.15) is 5.75 Å². The Kier molecular flexibility index (Phi) is 4.69. The quantitative estimate of drug-likeness (QED) is 0.846. The third kappa shape index (κ3) is 3.33. The minimum Gasteiger partial charge on any atom is -0.494 e. The van der Waals surface area contributed by atoms with Crippen LogP contribution in [0.15, 0.2) is 41.0 Å². The van der Waals surface area contributed by atoms with Gasteiger partial charge in [0, 0.05) is 13.6 Å². The molecule has 0 atom stereocenters. The predicted octanol–water partition coefficient (Wildman–Crippen LogP) is 3.60. The Morgan fingerprint density at radius 2 is 2.00 bits per heavy atom. The summed E-state index contributed by atoms with van der Waals surface area (Å²) in [5.41, 5.74) is 1.39. The zero-order chi connectivity index (χ0) is 14.5. The van der Waals surface area contributed by atoms with E-state index < -0.39 is 0 Å². The summed E-state index contributed by atoms with van der Waals surface area (Å²) in [7, 11) is 1.72. The monoisotopic (exact) mass is 293 g/mol. The van der Waals surface area contributed by atoms with E-state index in [4.69, 9.17) is 20.8 Å². The van der Waals surface area contributed by atoms with Crippen molar-refractivity contribution in [3.05, 3.63) is 52.9 Å². The van der Waals surface area contributed by atoms with E-state index in [1.807, 2.05) is 31.2 Å². The molecule has 1 aromatic carbocycles. The van der Waals surface area contributed by atoms with Crippen molar-refractivity contribution in [2.75, 3.05) is 13.7 Å². The van der Waals surface area contributed by atoms with Gasteiger partial charge in [-0.1, -0.05) is 12.1 Å². The fourth-order valence-electron chi connectivity index (χ4n) is 1.86. The molecule has 20 heavy (non-hydrogen) atoms. The predicted molar refractivity (Wildman–Crippen MR) is 77.1 cm³/mol. The molecular weight excluding hydrogens is 278 g/mol. The van der Waals surface area contributed by atoms with Gasteiger partial charge in [0.05, 0.1) is 18.4 Å². The molecule has 0 bridgehead atoms. The van der Waals surface area contributed by atoms with Crippen molar-refractivity contribution in [3.63, 3.8) is 0 Å². The van der Waals surface area contributed by atoms with E-state index in [0.29, 0.717) is 18.7 Å². The average molecular weight is 294 g/mol. The molecule has 0 fully saturated rings. The molecule has 0 aliphatic rings. The molecule has 5 heteroatoms. The first-order valence-corrected chi connectivity index (χ1v) is 6.69. The Balaban J connectivity index is 2.02. The fraction of sp³-hybridized carbons (Fsp3) is 0.267. The van der Waals surface area contributed by atoms with Crippen molar-refractivity contribution in [2.45, 2.75) is 13.5 Å². The third-order valence-electron chi connectivity index (χ3n) is 2.85. The van der Waals surface area contributed by atoms with Crippen LogP contribution in [-0.2, 0) is 6.54 Å². The molecular formula is C15H16ClNO3. The zero-order valence-corrected chi connectivity index (χ0v) is 12.2. The highest BCUT2D eigenvalue weighted by Crippen LogP contribution is 2.19. The summed E-state index contributed by atoms with van der Waals surface area (Å²) in [6, 6.07) is 9.22. The number of carbonyl (C=O) groups is 1. The van der Waals surface area contributed by atoms with Crippen LogP contribution in [0.2, 0.25) is 5.22 Å². The van der Waals surface area contributed by atoms with Crippen molar-refractivity contribution in [1.82, 2.24) is 4.90 Å². The average Bonchev–Trinajstić information content (AvgIpc) is 2.86. The third-order valence-corrected chi connectivity index (χ3v) is 3.14. The molecule has 106 valence electrons. The van der Waals surface area contributed by atoms with Crippen molar-refractivity contribution >= 4 is 17.5 Å². The summed E-state index contributed by atoms with van der Waals surface area (Å²) in [5, 5.41) is 0.119. The highest BCUT2D eigenvalue weighted by atomic mass is 35.5. The van der Waals surface area contributed by atoms with E-state index in [0.717, 1.165) is 11.3 Å². The maximum atomic E-state index is 12.2. The van der Waals surface area contributed by atoms with E-state index in [-0.39, 0.29) is 11.1 Å². The number of nitrogens with zero attached hydrogens (tertiary/aromatic N) is 1. The van der Waals surface area contributed by atoms with Crippen LogP contribution in [0.1, 0.15) is 22.8 Å². The van der Waals surface area contributed by atoms with Crippen molar-refractivity contribution in [3.8, 4) is 5.75 Å². The zero-order valence-electron chi connectivity index (χ0n) is 11.4. The van der Waals surface area contributed by atoms with Crippen LogP contribution in [0, 0.1) is 0 Å². The van der Waals surface area contributed by atoms with E-state index in [2.05, 4.69) is 0 Å². The van der Waals surface area contributed by atoms with E-state index in [9.17, 15) is 4.79 Å². The highest BCUT2D eigenvalue weighted by molar-refractivity contribution is 6.32.